The van der Waals surface area contributed by atoms with Crippen LogP contribution in [0.1, 0.15) is 51.2 Å². The summed E-state index contributed by atoms with van der Waals surface area (Å²) in [5.74, 6) is 0.794. The average Bonchev–Trinajstić information content (AvgIpc) is 3.07. The molecule has 2 rings (SSSR count). The van der Waals surface area contributed by atoms with Crippen LogP contribution < -0.4 is 9.46 Å². The third kappa shape index (κ3) is 7.28. The summed E-state index contributed by atoms with van der Waals surface area (Å²) in [6.07, 6.45) is 5.71. The van der Waals surface area contributed by atoms with E-state index in [1.54, 1.807) is 7.11 Å². The van der Waals surface area contributed by atoms with Crippen molar-refractivity contribution in [1.82, 2.24) is 4.72 Å². The van der Waals surface area contributed by atoms with Crippen molar-refractivity contribution in [3.05, 3.63) is 53.3 Å². The number of hydrogen-bond acceptors (Lipinski definition) is 4. The van der Waals surface area contributed by atoms with Crippen LogP contribution in [0.25, 0.3) is 0 Å². The SMILES string of the molecule is COc1ccc(Cc2ccsc2S(=O)(=O)NCCCC[CH]C(C)(C)C)cc1. The number of benzene rings is 1. The summed E-state index contributed by atoms with van der Waals surface area (Å²) in [5.41, 5.74) is 2.11. The normalized spacial score (nSPS) is 12.3. The first-order chi connectivity index (χ1) is 12.7. The number of ether oxygens (including phenoxy) is 1. The molecule has 6 heteroatoms. The van der Waals surface area contributed by atoms with Gasteiger partial charge in [0.25, 0.3) is 0 Å². The standard InChI is InChI=1S/C21H30NO3S2/c1-21(2,3)13-6-5-7-14-22-27(23,24)20-18(12-15-26-20)16-17-8-10-19(25-4)11-9-17/h8-13,15,22H,5-7,14,16H2,1-4H3. The van der Waals surface area contributed by atoms with E-state index in [1.807, 2.05) is 35.7 Å². The Morgan fingerprint density at radius 1 is 1.11 bits per heavy atom. The minimum absolute atomic E-state index is 0.215. The maximum Gasteiger partial charge on any atom is 0.250 e. The summed E-state index contributed by atoms with van der Waals surface area (Å²) in [5, 5.41) is 1.84. The summed E-state index contributed by atoms with van der Waals surface area (Å²) in [7, 11) is -1.83. The van der Waals surface area contributed by atoms with Gasteiger partial charge in [-0.3, -0.25) is 0 Å². The van der Waals surface area contributed by atoms with Crippen LogP contribution in [0.2, 0.25) is 0 Å². The zero-order chi connectivity index (χ0) is 19.9. The monoisotopic (exact) mass is 408 g/mol. The van der Waals surface area contributed by atoms with Gasteiger partial charge in [0, 0.05) is 6.54 Å². The Hall–Kier alpha value is -1.37. The molecule has 1 heterocycles. The lowest BCUT2D eigenvalue weighted by molar-refractivity contribution is 0.414. The predicted molar refractivity (Wildman–Crippen MR) is 113 cm³/mol. The van der Waals surface area contributed by atoms with Crippen molar-refractivity contribution in [2.45, 2.75) is 50.7 Å². The second-order valence-corrected chi connectivity index (χ2v) is 10.6. The third-order valence-corrected chi connectivity index (χ3v) is 7.21. The summed E-state index contributed by atoms with van der Waals surface area (Å²) in [6.45, 7) is 7.00. The molecule has 27 heavy (non-hydrogen) atoms. The maximum absolute atomic E-state index is 12.7. The van der Waals surface area contributed by atoms with Gasteiger partial charge in [0.1, 0.15) is 9.96 Å². The van der Waals surface area contributed by atoms with E-state index in [4.69, 9.17) is 4.74 Å². The van der Waals surface area contributed by atoms with E-state index in [9.17, 15) is 8.42 Å². The molecule has 0 unspecified atom stereocenters. The Morgan fingerprint density at radius 2 is 1.81 bits per heavy atom. The Balaban J connectivity index is 1.90. The highest BCUT2D eigenvalue weighted by atomic mass is 32.2. The van der Waals surface area contributed by atoms with Gasteiger partial charge in [-0.15, -0.1) is 11.3 Å². The highest BCUT2D eigenvalue weighted by Gasteiger charge is 2.20. The summed E-state index contributed by atoms with van der Waals surface area (Å²) >= 11 is 1.27. The highest BCUT2D eigenvalue weighted by molar-refractivity contribution is 7.91. The van der Waals surface area contributed by atoms with Crippen molar-refractivity contribution in [1.29, 1.82) is 0 Å². The minimum Gasteiger partial charge on any atom is -0.497 e. The van der Waals surface area contributed by atoms with Gasteiger partial charge in [0.15, 0.2) is 0 Å². The second kappa shape index (κ2) is 9.71. The number of hydrogen-bond donors (Lipinski definition) is 1. The lowest BCUT2D eigenvalue weighted by atomic mass is 9.89. The van der Waals surface area contributed by atoms with Crippen molar-refractivity contribution in [3.63, 3.8) is 0 Å². The number of nitrogens with one attached hydrogen (secondary N) is 1. The van der Waals surface area contributed by atoms with E-state index in [0.29, 0.717) is 17.2 Å². The van der Waals surface area contributed by atoms with Gasteiger partial charge in [-0.05, 0) is 65.8 Å². The van der Waals surface area contributed by atoms with E-state index in [1.165, 1.54) is 11.3 Å². The van der Waals surface area contributed by atoms with Crippen LogP contribution in [0.4, 0.5) is 0 Å². The van der Waals surface area contributed by atoms with Gasteiger partial charge in [0.05, 0.1) is 7.11 Å². The van der Waals surface area contributed by atoms with Crippen LogP contribution in [0, 0.1) is 11.8 Å². The van der Waals surface area contributed by atoms with E-state index >= 15 is 0 Å². The molecule has 2 aromatic rings. The molecule has 0 saturated heterocycles. The molecule has 1 radical (unpaired) electrons. The molecule has 1 N–H and O–H groups in total. The predicted octanol–water partition coefficient (Wildman–Crippen LogP) is 5.05. The van der Waals surface area contributed by atoms with E-state index in [-0.39, 0.29) is 5.41 Å². The number of rotatable bonds is 10. The molecule has 149 valence electrons. The van der Waals surface area contributed by atoms with E-state index in [0.717, 1.165) is 36.1 Å². The molecule has 0 atom stereocenters. The zero-order valence-corrected chi connectivity index (χ0v) is 18.3. The molecule has 0 saturated carbocycles. The number of methoxy groups -OCH3 is 1. The first kappa shape index (κ1) is 21.9. The topological polar surface area (TPSA) is 55.4 Å². The van der Waals surface area contributed by atoms with E-state index in [2.05, 4.69) is 31.9 Å². The molecule has 0 spiro atoms. The molecule has 0 aliphatic carbocycles. The highest BCUT2D eigenvalue weighted by Crippen LogP contribution is 2.26. The van der Waals surface area contributed by atoms with Gasteiger partial charge >= 0.3 is 0 Å². The van der Waals surface area contributed by atoms with Crippen molar-refractivity contribution in [2.24, 2.45) is 5.41 Å². The van der Waals surface area contributed by atoms with Gasteiger partial charge in [-0.2, -0.15) is 0 Å². The van der Waals surface area contributed by atoms with Crippen LogP contribution in [-0.2, 0) is 16.4 Å². The van der Waals surface area contributed by atoms with Gasteiger partial charge in [-0.1, -0.05) is 39.3 Å². The molecule has 0 amide bonds. The summed E-state index contributed by atoms with van der Waals surface area (Å²) in [4.78, 5) is 0. The quantitative estimate of drug-likeness (QED) is 0.560. The minimum atomic E-state index is -3.46. The Labute approximate surface area is 168 Å². The lowest BCUT2D eigenvalue weighted by Gasteiger charge is -2.17. The second-order valence-electron chi connectivity index (χ2n) is 7.72. The molecular weight excluding hydrogens is 378 g/mol. The van der Waals surface area contributed by atoms with Crippen molar-refractivity contribution >= 4 is 21.4 Å². The van der Waals surface area contributed by atoms with Crippen LogP contribution in [-0.4, -0.2) is 22.1 Å². The maximum atomic E-state index is 12.7. The van der Waals surface area contributed by atoms with Crippen LogP contribution >= 0.6 is 11.3 Å². The molecule has 1 aromatic carbocycles. The van der Waals surface area contributed by atoms with Crippen LogP contribution in [0.3, 0.4) is 0 Å². The summed E-state index contributed by atoms with van der Waals surface area (Å²) in [6, 6.07) is 9.60. The Bertz CT molecular complexity index is 803. The Morgan fingerprint density at radius 3 is 2.44 bits per heavy atom. The Kier molecular flexibility index (Phi) is 7.89. The van der Waals surface area contributed by atoms with Gasteiger partial charge in [-0.25, -0.2) is 13.1 Å². The smallest absolute Gasteiger partial charge is 0.250 e. The molecule has 4 nitrogen and oxygen atoms in total. The fourth-order valence-electron chi connectivity index (χ4n) is 2.73. The zero-order valence-electron chi connectivity index (χ0n) is 16.6. The number of unbranched alkanes of at least 4 members (excludes halogenated alkanes) is 2. The molecule has 0 fully saturated rings. The molecule has 0 bridgehead atoms. The van der Waals surface area contributed by atoms with Crippen molar-refractivity contribution in [2.75, 3.05) is 13.7 Å². The van der Waals surface area contributed by atoms with Gasteiger partial charge in [0.2, 0.25) is 10.0 Å². The lowest BCUT2D eigenvalue weighted by Crippen LogP contribution is -2.25. The fraction of sp³-hybridized carbons (Fsp3) is 0.476. The molecular formula is C21H30NO3S2. The van der Waals surface area contributed by atoms with Crippen molar-refractivity contribution < 1.29 is 13.2 Å². The number of sulfonamides is 1. The fourth-order valence-corrected chi connectivity index (χ4v) is 5.26. The number of thiophene rings is 1. The molecule has 0 aliphatic rings. The van der Waals surface area contributed by atoms with E-state index < -0.39 is 10.0 Å². The van der Waals surface area contributed by atoms with Crippen molar-refractivity contribution in [3.8, 4) is 5.75 Å². The first-order valence-corrected chi connectivity index (χ1v) is 11.6. The van der Waals surface area contributed by atoms with Crippen LogP contribution in [0.15, 0.2) is 39.9 Å². The largest absolute Gasteiger partial charge is 0.497 e. The van der Waals surface area contributed by atoms with Gasteiger partial charge < -0.3 is 4.74 Å². The first-order valence-electron chi connectivity index (χ1n) is 9.24. The average molecular weight is 409 g/mol. The van der Waals surface area contributed by atoms with Crippen LogP contribution in [0.5, 0.6) is 5.75 Å². The third-order valence-electron chi connectivity index (χ3n) is 4.18. The molecule has 0 aliphatic heterocycles. The summed E-state index contributed by atoms with van der Waals surface area (Å²) < 4.78 is 33.7. The molecule has 1 aromatic heterocycles.